The van der Waals surface area contributed by atoms with Crippen LogP contribution in [0.15, 0.2) is 0 Å². The number of hydrogen-bond acceptors (Lipinski definition) is 3. The fourth-order valence-electron chi connectivity index (χ4n) is 3.82. The van der Waals surface area contributed by atoms with Gasteiger partial charge in [0.1, 0.15) is 5.60 Å². The number of hydrogen-bond donors (Lipinski definition) is 2. The van der Waals surface area contributed by atoms with Crippen LogP contribution in [0.4, 0.5) is 4.79 Å². The molecule has 0 heterocycles. The summed E-state index contributed by atoms with van der Waals surface area (Å²) in [6.45, 7) is 9.22. The smallest absolute Gasteiger partial charge is 0.407 e. The van der Waals surface area contributed by atoms with Crippen molar-refractivity contribution in [3.05, 3.63) is 0 Å². The Kier molecular flexibility index (Phi) is 6.13. The van der Waals surface area contributed by atoms with Gasteiger partial charge in [-0.2, -0.15) is 0 Å². The van der Waals surface area contributed by atoms with E-state index in [9.17, 15) is 4.79 Å². The summed E-state index contributed by atoms with van der Waals surface area (Å²) in [6.07, 6.45) is 8.37. The maximum Gasteiger partial charge on any atom is 0.407 e. The largest absolute Gasteiger partial charge is 0.444 e. The molecule has 0 radical (unpaired) electrons. The van der Waals surface area contributed by atoms with Gasteiger partial charge >= 0.3 is 6.09 Å². The van der Waals surface area contributed by atoms with Crippen molar-refractivity contribution in [3.63, 3.8) is 0 Å². The zero-order chi connectivity index (χ0) is 16.2. The maximum absolute atomic E-state index is 11.9. The van der Waals surface area contributed by atoms with Crippen LogP contribution in [0.1, 0.15) is 72.6 Å². The fourth-order valence-corrected chi connectivity index (χ4v) is 3.82. The molecule has 0 aliphatic heterocycles. The van der Waals surface area contributed by atoms with Crippen LogP contribution in [0.3, 0.4) is 0 Å². The van der Waals surface area contributed by atoms with E-state index in [1.807, 2.05) is 20.8 Å². The minimum atomic E-state index is -0.421. The number of nitrogens with one attached hydrogen (secondary N) is 2. The number of rotatable bonds is 4. The molecule has 4 heteroatoms. The topological polar surface area (TPSA) is 50.4 Å². The predicted octanol–water partition coefficient (Wildman–Crippen LogP) is 3.85. The summed E-state index contributed by atoms with van der Waals surface area (Å²) in [5.74, 6) is 1.76. The van der Waals surface area contributed by atoms with E-state index in [0.29, 0.717) is 6.04 Å². The van der Waals surface area contributed by atoms with Crippen LogP contribution >= 0.6 is 0 Å². The Balaban J connectivity index is 1.69. The second kappa shape index (κ2) is 7.67. The number of carbonyl (C=O) groups excluding carboxylic acids is 1. The second-order valence-corrected chi connectivity index (χ2v) is 8.40. The normalized spacial score (nSPS) is 32.7. The fraction of sp³-hybridized carbons (Fsp3) is 0.944. The summed E-state index contributed by atoms with van der Waals surface area (Å²) in [5.41, 5.74) is -0.421. The molecule has 4 nitrogen and oxygen atoms in total. The van der Waals surface area contributed by atoms with E-state index >= 15 is 0 Å². The van der Waals surface area contributed by atoms with E-state index in [2.05, 4.69) is 17.6 Å². The number of carbonyl (C=O) groups is 1. The van der Waals surface area contributed by atoms with E-state index in [0.717, 1.165) is 31.2 Å². The Hall–Kier alpha value is -0.770. The lowest BCUT2D eigenvalue weighted by Gasteiger charge is -2.32. The van der Waals surface area contributed by atoms with Crippen molar-refractivity contribution in [2.45, 2.75) is 90.3 Å². The zero-order valence-electron chi connectivity index (χ0n) is 14.8. The minimum Gasteiger partial charge on any atom is -0.444 e. The highest BCUT2D eigenvalue weighted by molar-refractivity contribution is 5.68. The molecule has 0 saturated heterocycles. The molecule has 0 aromatic heterocycles. The van der Waals surface area contributed by atoms with Crippen molar-refractivity contribution in [2.75, 3.05) is 6.54 Å². The van der Waals surface area contributed by atoms with Gasteiger partial charge < -0.3 is 15.4 Å². The zero-order valence-corrected chi connectivity index (χ0v) is 14.8. The van der Waals surface area contributed by atoms with E-state index in [1.54, 1.807) is 0 Å². The van der Waals surface area contributed by atoms with Crippen LogP contribution in [-0.2, 0) is 4.74 Å². The maximum atomic E-state index is 11.9. The Morgan fingerprint density at radius 3 is 2.45 bits per heavy atom. The van der Waals surface area contributed by atoms with E-state index in [4.69, 9.17) is 4.74 Å². The highest BCUT2D eigenvalue weighted by Gasteiger charge is 2.27. The Morgan fingerprint density at radius 2 is 1.82 bits per heavy atom. The van der Waals surface area contributed by atoms with Gasteiger partial charge in [-0.3, -0.25) is 0 Å². The molecule has 0 aromatic rings. The van der Waals surface area contributed by atoms with Crippen molar-refractivity contribution in [1.29, 1.82) is 0 Å². The van der Waals surface area contributed by atoms with Crippen LogP contribution in [-0.4, -0.2) is 30.3 Å². The molecule has 2 rings (SSSR count). The van der Waals surface area contributed by atoms with E-state index < -0.39 is 5.60 Å². The second-order valence-electron chi connectivity index (χ2n) is 8.40. The first-order valence-corrected chi connectivity index (χ1v) is 9.04. The first-order chi connectivity index (χ1) is 10.3. The third-order valence-electron chi connectivity index (χ3n) is 4.89. The van der Waals surface area contributed by atoms with Crippen LogP contribution in [0.25, 0.3) is 0 Å². The molecule has 22 heavy (non-hydrogen) atoms. The van der Waals surface area contributed by atoms with Gasteiger partial charge in [0.2, 0.25) is 0 Å². The quantitative estimate of drug-likeness (QED) is 0.829. The number of amides is 1. The molecule has 4 atom stereocenters. The van der Waals surface area contributed by atoms with Crippen molar-refractivity contribution < 1.29 is 9.53 Å². The molecule has 2 aliphatic rings. The van der Waals surface area contributed by atoms with Gasteiger partial charge in [-0.1, -0.05) is 13.3 Å². The van der Waals surface area contributed by atoms with Gasteiger partial charge in [0.05, 0.1) is 0 Å². The first kappa shape index (κ1) is 17.6. The van der Waals surface area contributed by atoms with E-state index in [-0.39, 0.29) is 12.1 Å². The summed E-state index contributed by atoms with van der Waals surface area (Å²) in [6, 6.07) is 0.799. The average molecular weight is 310 g/mol. The molecule has 0 bridgehead atoms. The van der Waals surface area contributed by atoms with Gasteiger partial charge in [-0.05, 0) is 77.7 Å². The lowest BCUT2D eigenvalue weighted by molar-refractivity contribution is 0.0488. The monoisotopic (exact) mass is 310 g/mol. The van der Waals surface area contributed by atoms with Crippen molar-refractivity contribution >= 4 is 6.09 Å². The van der Waals surface area contributed by atoms with Gasteiger partial charge in [0.25, 0.3) is 0 Å². The molecule has 0 spiro atoms. The van der Waals surface area contributed by atoms with Crippen LogP contribution in [0.5, 0.6) is 0 Å². The van der Waals surface area contributed by atoms with Crippen LogP contribution < -0.4 is 10.6 Å². The Bertz CT molecular complexity index is 365. The first-order valence-electron chi connectivity index (χ1n) is 9.04. The number of alkyl carbamates (subject to hydrolysis) is 1. The molecule has 0 aromatic carbocycles. The Morgan fingerprint density at radius 1 is 1.09 bits per heavy atom. The summed E-state index contributed by atoms with van der Waals surface area (Å²) >= 11 is 0. The lowest BCUT2D eigenvalue weighted by Crippen LogP contribution is -2.46. The standard InChI is InChI=1S/C18H34N2O2/c1-13-8-9-14(10-13)12-19-15-6-5-7-16(11-15)20-17(21)22-18(2,3)4/h13-16,19H,5-12H2,1-4H3,(H,20,21). The molecule has 2 aliphatic carbocycles. The Labute approximate surface area is 135 Å². The molecular weight excluding hydrogens is 276 g/mol. The molecular formula is C18H34N2O2. The molecule has 2 fully saturated rings. The predicted molar refractivity (Wildman–Crippen MR) is 89.9 cm³/mol. The lowest BCUT2D eigenvalue weighted by atomic mass is 9.90. The van der Waals surface area contributed by atoms with Gasteiger partial charge in [0.15, 0.2) is 0 Å². The van der Waals surface area contributed by atoms with Crippen molar-refractivity contribution in [1.82, 2.24) is 10.6 Å². The number of ether oxygens (including phenoxy) is 1. The summed E-state index contributed by atoms with van der Waals surface area (Å²) in [4.78, 5) is 11.9. The van der Waals surface area contributed by atoms with Crippen LogP contribution in [0.2, 0.25) is 0 Å². The SMILES string of the molecule is CC1CCC(CNC2CCCC(NC(=O)OC(C)(C)C)C2)C1. The molecule has 2 N–H and O–H groups in total. The third kappa shape index (κ3) is 6.15. The molecule has 128 valence electrons. The van der Waals surface area contributed by atoms with Crippen molar-refractivity contribution in [3.8, 4) is 0 Å². The third-order valence-corrected chi connectivity index (χ3v) is 4.89. The van der Waals surface area contributed by atoms with Crippen molar-refractivity contribution in [2.24, 2.45) is 11.8 Å². The molecule has 4 unspecified atom stereocenters. The summed E-state index contributed by atoms with van der Waals surface area (Å²) < 4.78 is 5.36. The average Bonchev–Trinajstić information content (AvgIpc) is 2.80. The molecule has 2 saturated carbocycles. The van der Waals surface area contributed by atoms with E-state index in [1.165, 1.54) is 32.1 Å². The minimum absolute atomic E-state index is 0.253. The highest BCUT2D eigenvalue weighted by Crippen LogP contribution is 2.30. The van der Waals surface area contributed by atoms with Gasteiger partial charge in [-0.15, -0.1) is 0 Å². The summed E-state index contributed by atoms with van der Waals surface area (Å²) in [5, 5.41) is 6.78. The van der Waals surface area contributed by atoms with Crippen LogP contribution in [0, 0.1) is 11.8 Å². The van der Waals surface area contributed by atoms with Gasteiger partial charge in [0, 0.05) is 12.1 Å². The summed E-state index contributed by atoms with van der Waals surface area (Å²) in [7, 11) is 0. The highest BCUT2D eigenvalue weighted by atomic mass is 16.6. The van der Waals surface area contributed by atoms with Gasteiger partial charge in [-0.25, -0.2) is 4.79 Å². The molecule has 1 amide bonds.